The van der Waals surface area contributed by atoms with E-state index in [0.29, 0.717) is 30.0 Å². The summed E-state index contributed by atoms with van der Waals surface area (Å²) in [5.74, 6) is -2.41. The molecule has 12 heteroatoms. The number of carboxylic acid groups (broad SMARTS) is 1. The van der Waals surface area contributed by atoms with E-state index in [2.05, 4.69) is 30.9 Å². The SMILES string of the molecule is O=C(O)C1(Nc2nc(-c3cc(-c4ccon4)n(Cc4ccccc4F)n3)ncc2F)CCNCC1. The molecule has 35 heavy (non-hydrogen) atoms. The lowest BCUT2D eigenvalue weighted by atomic mass is 9.88. The summed E-state index contributed by atoms with van der Waals surface area (Å²) in [7, 11) is 0. The van der Waals surface area contributed by atoms with Crippen LogP contribution in [-0.4, -0.2) is 54.6 Å². The molecule has 0 saturated carbocycles. The molecule has 10 nitrogen and oxygen atoms in total. The number of hydrogen-bond donors (Lipinski definition) is 3. The third-order valence-electron chi connectivity index (χ3n) is 5.96. The lowest BCUT2D eigenvalue weighted by Gasteiger charge is -2.34. The van der Waals surface area contributed by atoms with Crippen molar-refractivity contribution >= 4 is 11.8 Å². The van der Waals surface area contributed by atoms with Gasteiger partial charge in [-0.1, -0.05) is 23.4 Å². The van der Waals surface area contributed by atoms with E-state index in [-0.39, 0.29) is 42.5 Å². The van der Waals surface area contributed by atoms with E-state index in [0.717, 1.165) is 6.20 Å². The molecule has 0 unspecified atom stereocenters. The normalized spacial score (nSPS) is 15.1. The Labute approximate surface area is 198 Å². The highest BCUT2D eigenvalue weighted by Gasteiger charge is 2.40. The van der Waals surface area contributed by atoms with E-state index >= 15 is 0 Å². The van der Waals surface area contributed by atoms with Crippen molar-refractivity contribution in [2.75, 3.05) is 18.4 Å². The Balaban J connectivity index is 1.52. The number of carboxylic acids is 1. The number of benzene rings is 1. The molecule has 0 spiro atoms. The molecule has 4 aromatic rings. The van der Waals surface area contributed by atoms with Gasteiger partial charge in [-0.2, -0.15) is 5.10 Å². The van der Waals surface area contributed by atoms with Gasteiger partial charge in [-0.15, -0.1) is 0 Å². The summed E-state index contributed by atoms with van der Waals surface area (Å²) in [6.45, 7) is 1.04. The van der Waals surface area contributed by atoms with Crippen molar-refractivity contribution in [3.63, 3.8) is 0 Å². The molecule has 4 heterocycles. The highest BCUT2D eigenvalue weighted by molar-refractivity contribution is 5.82. The first kappa shape index (κ1) is 22.6. The van der Waals surface area contributed by atoms with E-state index in [4.69, 9.17) is 4.52 Å². The zero-order valence-corrected chi connectivity index (χ0v) is 18.4. The Bertz CT molecular complexity index is 1350. The molecule has 0 bridgehead atoms. The standard InChI is InChI=1S/C23H21F2N7O3/c24-15-4-2-1-3-14(15)13-32-19(17-5-10-35-31-17)11-18(30-32)21-27-12-16(25)20(28-21)29-23(22(33)34)6-8-26-9-7-23/h1-5,10-12,26H,6-9,13H2,(H,33,34)(H,27,28,29). The largest absolute Gasteiger partial charge is 0.480 e. The van der Waals surface area contributed by atoms with Crippen molar-refractivity contribution in [3.05, 3.63) is 66.1 Å². The van der Waals surface area contributed by atoms with Gasteiger partial charge in [0, 0.05) is 11.6 Å². The maximum absolute atomic E-state index is 14.6. The molecule has 1 saturated heterocycles. The molecule has 180 valence electrons. The molecule has 1 fully saturated rings. The van der Waals surface area contributed by atoms with E-state index in [9.17, 15) is 18.7 Å². The van der Waals surface area contributed by atoms with Gasteiger partial charge in [-0.05, 0) is 38.1 Å². The number of halogens is 2. The van der Waals surface area contributed by atoms with Crippen LogP contribution in [0.3, 0.4) is 0 Å². The van der Waals surface area contributed by atoms with Gasteiger partial charge < -0.3 is 20.3 Å². The first-order valence-corrected chi connectivity index (χ1v) is 10.9. The third-order valence-corrected chi connectivity index (χ3v) is 5.96. The topological polar surface area (TPSA) is 131 Å². The summed E-state index contributed by atoms with van der Waals surface area (Å²) in [6.07, 6.45) is 2.88. The predicted molar refractivity (Wildman–Crippen MR) is 120 cm³/mol. The maximum atomic E-state index is 14.6. The Morgan fingerprint density at radius 2 is 1.97 bits per heavy atom. The number of aliphatic carboxylic acids is 1. The van der Waals surface area contributed by atoms with Crippen LogP contribution in [0.4, 0.5) is 14.6 Å². The van der Waals surface area contributed by atoms with Crippen molar-refractivity contribution in [2.45, 2.75) is 24.9 Å². The Kier molecular flexibility index (Phi) is 5.95. The summed E-state index contributed by atoms with van der Waals surface area (Å²) < 4.78 is 35.4. The minimum atomic E-state index is -1.35. The van der Waals surface area contributed by atoms with Crippen molar-refractivity contribution < 1.29 is 23.2 Å². The summed E-state index contributed by atoms with van der Waals surface area (Å²) in [5, 5.41) is 24.2. The number of carbonyl (C=O) groups is 1. The molecular formula is C23H21F2N7O3. The van der Waals surface area contributed by atoms with Crippen LogP contribution in [0, 0.1) is 11.6 Å². The number of piperidine rings is 1. The van der Waals surface area contributed by atoms with E-state index in [1.807, 2.05) is 0 Å². The molecule has 1 aliphatic heterocycles. The fourth-order valence-electron chi connectivity index (χ4n) is 4.04. The predicted octanol–water partition coefficient (Wildman–Crippen LogP) is 2.94. The second-order valence-electron chi connectivity index (χ2n) is 8.20. The van der Waals surface area contributed by atoms with Crippen LogP contribution in [0.1, 0.15) is 18.4 Å². The zero-order chi connectivity index (χ0) is 24.4. The fourth-order valence-corrected chi connectivity index (χ4v) is 4.04. The maximum Gasteiger partial charge on any atom is 0.329 e. The van der Waals surface area contributed by atoms with Gasteiger partial charge in [0.25, 0.3) is 0 Å². The molecule has 5 rings (SSSR count). The highest BCUT2D eigenvalue weighted by Crippen LogP contribution is 2.29. The van der Waals surface area contributed by atoms with E-state index < -0.39 is 17.3 Å². The lowest BCUT2D eigenvalue weighted by Crippen LogP contribution is -2.53. The average Bonchev–Trinajstić information content (AvgIpc) is 3.53. The van der Waals surface area contributed by atoms with Crippen LogP contribution in [0.25, 0.3) is 22.9 Å². The minimum absolute atomic E-state index is 0.0698. The smallest absolute Gasteiger partial charge is 0.329 e. The van der Waals surface area contributed by atoms with Crippen LogP contribution < -0.4 is 10.6 Å². The molecule has 0 amide bonds. The van der Waals surface area contributed by atoms with Crippen molar-refractivity contribution in [1.82, 2.24) is 30.2 Å². The highest BCUT2D eigenvalue weighted by atomic mass is 19.1. The number of aromatic nitrogens is 5. The van der Waals surface area contributed by atoms with E-state index in [1.165, 1.54) is 17.0 Å². The van der Waals surface area contributed by atoms with Crippen LogP contribution in [0.2, 0.25) is 0 Å². The monoisotopic (exact) mass is 481 g/mol. The molecule has 1 aromatic carbocycles. The molecule has 3 aromatic heterocycles. The van der Waals surface area contributed by atoms with Gasteiger partial charge in [-0.3, -0.25) is 4.68 Å². The van der Waals surface area contributed by atoms with Gasteiger partial charge in [0.15, 0.2) is 17.5 Å². The third kappa shape index (κ3) is 4.47. The lowest BCUT2D eigenvalue weighted by molar-refractivity contribution is -0.143. The van der Waals surface area contributed by atoms with Gasteiger partial charge >= 0.3 is 5.97 Å². The van der Waals surface area contributed by atoms with Crippen LogP contribution in [0.5, 0.6) is 0 Å². The second kappa shape index (κ2) is 9.22. The van der Waals surface area contributed by atoms with E-state index in [1.54, 1.807) is 30.3 Å². The molecule has 0 aliphatic carbocycles. The summed E-state index contributed by atoms with van der Waals surface area (Å²) in [6, 6.07) is 9.58. The second-order valence-corrected chi connectivity index (χ2v) is 8.20. The van der Waals surface area contributed by atoms with Crippen molar-refractivity contribution in [2.24, 2.45) is 0 Å². The zero-order valence-electron chi connectivity index (χ0n) is 18.4. The fraction of sp³-hybridized carbons (Fsp3) is 0.261. The van der Waals surface area contributed by atoms with Gasteiger partial charge in [-0.25, -0.2) is 23.5 Å². The Morgan fingerprint density at radius 3 is 2.69 bits per heavy atom. The number of anilines is 1. The van der Waals surface area contributed by atoms with Crippen LogP contribution >= 0.6 is 0 Å². The van der Waals surface area contributed by atoms with Crippen LogP contribution in [0.15, 0.2) is 53.4 Å². The minimum Gasteiger partial charge on any atom is -0.480 e. The molecule has 0 atom stereocenters. The van der Waals surface area contributed by atoms with Gasteiger partial charge in [0.2, 0.25) is 0 Å². The van der Waals surface area contributed by atoms with Gasteiger partial charge in [0.1, 0.15) is 29.0 Å². The summed E-state index contributed by atoms with van der Waals surface area (Å²) >= 11 is 0. The quantitative estimate of drug-likeness (QED) is 0.365. The Hall–Kier alpha value is -4.19. The average molecular weight is 481 g/mol. The molecule has 3 N–H and O–H groups in total. The van der Waals surface area contributed by atoms with Crippen molar-refractivity contribution in [3.8, 4) is 22.9 Å². The van der Waals surface area contributed by atoms with Crippen molar-refractivity contribution in [1.29, 1.82) is 0 Å². The number of rotatable bonds is 7. The summed E-state index contributed by atoms with van der Waals surface area (Å²) in [4.78, 5) is 20.3. The molecule has 0 radical (unpaired) electrons. The number of nitrogens with one attached hydrogen (secondary N) is 2. The number of nitrogens with zero attached hydrogens (tertiary/aromatic N) is 5. The first-order valence-electron chi connectivity index (χ1n) is 10.9. The molecule has 1 aliphatic rings. The Morgan fingerprint density at radius 1 is 1.17 bits per heavy atom. The number of hydrogen-bond acceptors (Lipinski definition) is 8. The van der Waals surface area contributed by atoms with Gasteiger partial charge in [0.05, 0.1) is 18.4 Å². The molecular weight excluding hydrogens is 460 g/mol. The first-order chi connectivity index (χ1) is 16.9. The summed E-state index contributed by atoms with van der Waals surface area (Å²) in [5.41, 5.74) is 0.300. The van der Waals surface area contributed by atoms with Crippen LogP contribution in [-0.2, 0) is 11.3 Å².